The summed E-state index contributed by atoms with van der Waals surface area (Å²) in [7, 11) is 0. The van der Waals surface area contributed by atoms with Crippen LogP contribution in [0.2, 0.25) is 0 Å². The monoisotopic (exact) mass is 905 g/mol. The Morgan fingerprint density at radius 3 is 0.891 bits per heavy atom. The minimum atomic E-state index is -0.763. The molecule has 2 atom stereocenters. The van der Waals surface area contributed by atoms with Gasteiger partial charge in [0.05, 0.1) is 0 Å². The summed E-state index contributed by atoms with van der Waals surface area (Å²) in [4.78, 5) is 38.1. The van der Waals surface area contributed by atoms with Gasteiger partial charge >= 0.3 is 17.9 Å². The minimum absolute atomic E-state index is 0.0634. The molecule has 0 amide bonds. The Morgan fingerprint density at radius 1 is 0.328 bits per heavy atom. The van der Waals surface area contributed by atoms with Crippen molar-refractivity contribution < 1.29 is 28.6 Å². The van der Waals surface area contributed by atoms with Crippen LogP contribution < -0.4 is 0 Å². The molecule has 0 saturated carbocycles. The van der Waals surface area contributed by atoms with E-state index in [1.165, 1.54) is 212 Å². The van der Waals surface area contributed by atoms with E-state index in [0.717, 1.165) is 69.6 Å². The normalized spacial score (nSPS) is 12.5. The molecule has 0 rings (SSSR count). The van der Waals surface area contributed by atoms with Gasteiger partial charge in [0, 0.05) is 19.3 Å². The van der Waals surface area contributed by atoms with E-state index < -0.39 is 6.10 Å². The topological polar surface area (TPSA) is 78.9 Å². The lowest BCUT2D eigenvalue weighted by Crippen LogP contribution is -2.30. The van der Waals surface area contributed by atoms with Crippen LogP contribution in [0.4, 0.5) is 0 Å². The molecule has 0 heterocycles. The van der Waals surface area contributed by atoms with Crippen molar-refractivity contribution in [3.8, 4) is 0 Å². The van der Waals surface area contributed by atoms with E-state index in [4.69, 9.17) is 14.2 Å². The van der Waals surface area contributed by atoms with Gasteiger partial charge in [-0.3, -0.25) is 14.4 Å². The van der Waals surface area contributed by atoms with Crippen LogP contribution in [-0.2, 0) is 28.6 Å². The second-order valence-corrected chi connectivity index (χ2v) is 20.6. The average molecular weight is 906 g/mol. The van der Waals surface area contributed by atoms with Gasteiger partial charge in [0.25, 0.3) is 0 Å². The third-order valence-corrected chi connectivity index (χ3v) is 13.6. The van der Waals surface area contributed by atoms with E-state index in [9.17, 15) is 14.4 Å². The molecule has 0 aromatic rings. The highest BCUT2D eigenvalue weighted by Gasteiger charge is 2.19. The summed E-state index contributed by atoms with van der Waals surface area (Å²) in [5.41, 5.74) is 0. The summed E-state index contributed by atoms with van der Waals surface area (Å²) in [5.74, 6) is 0.846. The van der Waals surface area contributed by atoms with Gasteiger partial charge in [0.1, 0.15) is 13.2 Å². The van der Waals surface area contributed by atoms with Crippen molar-refractivity contribution in [3.63, 3.8) is 0 Å². The maximum Gasteiger partial charge on any atom is 0.306 e. The highest BCUT2D eigenvalue weighted by atomic mass is 16.6. The van der Waals surface area contributed by atoms with Crippen molar-refractivity contribution in [2.45, 2.75) is 330 Å². The third kappa shape index (κ3) is 49.8. The molecule has 0 fully saturated rings. The first kappa shape index (κ1) is 62.4. The second kappa shape index (κ2) is 50.8. The fraction of sp³-hybridized carbons (Fsp3) is 0.948. The first-order valence-corrected chi connectivity index (χ1v) is 28.8. The number of unbranched alkanes of at least 4 members (excludes halogenated alkanes) is 36. The Hall–Kier alpha value is -1.59. The molecule has 0 radical (unpaired) electrons. The summed E-state index contributed by atoms with van der Waals surface area (Å²) in [6.07, 6.45) is 53.8. The Balaban J connectivity index is 4.29. The molecule has 1 unspecified atom stereocenters. The highest BCUT2D eigenvalue weighted by molar-refractivity contribution is 5.71. The maximum absolute atomic E-state index is 12.9. The molecule has 0 spiro atoms. The molecule has 0 aliphatic heterocycles. The van der Waals surface area contributed by atoms with Crippen LogP contribution in [0.1, 0.15) is 324 Å². The van der Waals surface area contributed by atoms with E-state index >= 15 is 0 Å². The molecule has 0 N–H and O–H groups in total. The van der Waals surface area contributed by atoms with Crippen molar-refractivity contribution >= 4 is 17.9 Å². The molecule has 0 aromatic heterocycles. The Kier molecular flexibility index (Phi) is 49.6. The molecule has 6 nitrogen and oxygen atoms in total. The van der Waals surface area contributed by atoms with Crippen molar-refractivity contribution in [1.29, 1.82) is 0 Å². The van der Waals surface area contributed by atoms with Crippen LogP contribution in [0.3, 0.4) is 0 Å². The zero-order valence-electron chi connectivity index (χ0n) is 43.9. The van der Waals surface area contributed by atoms with Crippen molar-refractivity contribution in [2.24, 2.45) is 11.8 Å². The van der Waals surface area contributed by atoms with E-state index in [1.807, 2.05) is 0 Å². The number of rotatable bonds is 52. The van der Waals surface area contributed by atoms with Crippen molar-refractivity contribution in [2.75, 3.05) is 13.2 Å². The van der Waals surface area contributed by atoms with Gasteiger partial charge in [0.2, 0.25) is 0 Å². The van der Waals surface area contributed by atoms with Gasteiger partial charge in [-0.1, -0.05) is 285 Å². The lowest BCUT2D eigenvalue weighted by molar-refractivity contribution is -0.167. The zero-order valence-corrected chi connectivity index (χ0v) is 43.9. The number of carbonyl (C=O) groups is 3. The number of hydrogen-bond acceptors (Lipinski definition) is 6. The molecule has 380 valence electrons. The fourth-order valence-electron chi connectivity index (χ4n) is 8.84. The molecule has 0 aliphatic carbocycles. The summed E-state index contributed by atoms with van der Waals surface area (Å²) < 4.78 is 16.9. The number of ether oxygens (including phenoxy) is 3. The third-order valence-electron chi connectivity index (χ3n) is 13.6. The Labute approximate surface area is 399 Å². The minimum Gasteiger partial charge on any atom is -0.462 e. The van der Waals surface area contributed by atoms with E-state index in [-0.39, 0.29) is 31.1 Å². The summed E-state index contributed by atoms with van der Waals surface area (Å²) in [6, 6.07) is 0. The van der Waals surface area contributed by atoms with Crippen LogP contribution in [0.5, 0.6) is 0 Å². The summed E-state index contributed by atoms with van der Waals surface area (Å²) in [6.45, 7) is 11.4. The lowest BCUT2D eigenvalue weighted by Gasteiger charge is -2.18. The van der Waals surface area contributed by atoms with Gasteiger partial charge in [-0.2, -0.15) is 0 Å². The van der Waals surface area contributed by atoms with Crippen LogP contribution in [0.15, 0.2) is 0 Å². The number of esters is 3. The second-order valence-electron chi connectivity index (χ2n) is 20.6. The molecular formula is C58H112O6. The van der Waals surface area contributed by atoms with Crippen LogP contribution in [0, 0.1) is 11.8 Å². The molecular weight excluding hydrogens is 793 g/mol. The smallest absolute Gasteiger partial charge is 0.306 e. The van der Waals surface area contributed by atoms with E-state index in [0.29, 0.717) is 19.3 Å². The van der Waals surface area contributed by atoms with E-state index in [2.05, 4.69) is 34.6 Å². The molecule has 64 heavy (non-hydrogen) atoms. The first-order valence-electron chi connectivity index (χ1n) is 28.8. The average Bonchev–Trinajstić information content (AvgIpc) is 3.28. The van der Waals surface area contributed by atoms with Gasteiger partial charge in [-0.25, -0.2) is 0 Å². The Morgan fingerprint density at radius 2 is 0.594 bits per heavy atom. The van der Waals surface area contributed by atoms with Gasteiger partial charge in [0.15, 0.2) is 6.10 Å². The molecule has 0 aromatic carbocycles. The molecule has 6 heteroatoms. The maximum atomic E-state index is 12.9. The molecule has 0 saturated heterocycles. The van der Waals surface area contributed by atoms with Crippen LogP contribution in [0.25, 0.3) is 0 Å². The highest BCUT2D eigenvalue weighted by Crippen LogP contribution is 2.18. The van der Waals surface area contributed by atoms with Gasteiger partial charge in [-0.15, -0.1) is 0 Å². The van der Waals surface area contributed by atoms with Gasteiger partial charge in [-0.05, 0) is 31.1 Å². The molecule has 0 bridgehead atoms. The van der Waals surface area contributed by atoms with Crippen molar-refractivity contribution in [1.82, 2.24) is 0 Å². The van der Waals surface area contributed by atoms with Gasteiger partial charge < -0.3 is 14.2 Å². The first-order chi connectivity index (χ1) is 31.3. The largest absolute Gasteiger partial charge is 0.462 e. The quantitative estimate of drug-likeness (QED) is 0.0344. The van der Waals surface area contributed by atoms with Crippen molar-refractivity contribution in [3.05, 3.63) is 0 Å². The summed E-state index contributed by atoms with van der Waals surface area (Å²) in [5, 5.41) is 0. The standard InChI is InChI=1S/C58H112O6/c1-6-8-9-10-11-12-13-14-15-16-17-18-19-20-21-30-35-40-45-50-58(61)64-55(51-62-56(59)48-43-38-33-28-24-22-26-31-36-41-46-53(3)4)52-63-57(60)49-44-39-34-29-25-23-27-32-37-42-47-54(5)7-2/h53-55H,6-52H2,1-5H3/t54?,55-/m1/s1. The van der Waals surface area contributed by atoms with Crippen LogP contribution in [-0.4, -0.2) is 37.2 Å². The number of carbonyl (C=O) groups excluding carboxylic acids is 3. The van der Waals surface area contributed by atoms with E-state index in [1.54, 1.807) is 0 Å². The zero-order chi connectivity index (χ0) is 46.8. The molecule has 0 aliphatic rings. The lowest BCUT2D eigenvalue weighted by atomic mass is 9.99. The SMILES string of the molecule is CCCCCCCCCCCCCCCCCCCCCC(=O)O[C@H](COC(=O)CCCCCCCCCCCCC(C)C)COC(=O)CCCCCCCCCCCCC(C)CC. The fourth-order valence-corrected chi connectivity index (χ4v) is 8.84. The predicted molar refractivity (Wildman–Crippen MR) is 275 cm³/mol. The predicted octanol–water partition coefficient (Wildman–Crippen LogP) is 18.9. The van der Waals surface area contributed by atoms with Crippen LogP contribution >= 0.6 is 0 Å². The number of hydrogen-bond donors (Lipinski definition) is 0. The summed E-state index contributed by atoms with van der Waals surface area (Å²) >= 11 is 0. The Bertz CT molecular complexity index is 980.